The van der Waals surface area contributed by atoms with Crippen molar-refractivity contribution in [1.29, 1.82) is 0 Å². The number of hydrogen-bond acceptors (Lipinski definition) is 2. The van der Waals surface area contributed by atoms with Crippen molar-refractivity contribution >= 4 is 11.7 Å². The summed E-state index contributed by atoms with van der Waals surface area (Å²) in [7, 11) is 0. The third kappa shape index (κ3) is 2.38. The van der Waals surface area contributed by atoms with Crippen molar-refractivity contribution in [2.75, 3.05) is 11.9 Å². The second kappa shape index (κ2) is 4.69. The van der Waals surface area contributed by atoms with Gasteiger partial charge in [0.05, 0.1) is 11.3 Å². The van der Waals surface area contributed by atoms with E-state index in [0.29, 0.717) is 12.5 Å². The van der Waals surface area contributed by atoms with Crippen LogP contribution in [-0.4, -0.2) is 17.6 Å². The Hall–Kier alpha value is -1.65. The predicted molar refractivity (Wildman–Crippen MR) is 59.1 cm³/mol. The fraction of sp³-hybridized carbons (Fsp3) is 0.417. The van der Waals surface area contributed by atoms with Gasteiger partial charge in [0.1, 0.15) is 0 Å². The van der Waals surface area contributed by atoms with Crippen LogP contribution in [0.3, 0.4) is 0 Å². The Morgan fingerprint density at radius 3 is 2.59 bits per heavy atom. The van der Waals surface area contributed by atoms with Gasteiger partial charge in [-0.25, -0.2) is 13.6 Å². The zero-order valence-corrected chi connectivity index (χ0v) is 9.17. The number of nitrogens with one attached hydrogen (secondary N) is 1. The largest absolute Gasteiger partial charge is 0.478 e. The first-order chi connectivity index (χ1) is 8.09. The molecule has 1 fully saturated rings. The van der Waals surface area contributed by atoms with Crippen LogP contribution in [0.4, 0.5) is 14.5 Å². The molecule has 0 atom stereocenters. The average molecular weight is 241 g/mol. The highest BCUT2D eigenvalue weighted by molar-refractivity contribution is 5.88. The minimum atomic E-state index is -1.47. The summed E-state index contributed by atoms with van der Waals surface area (Å²) in [5.41, 5.74) is -0.615. The van der Waals surface area contributed by atoms with Gasteiger partial charge in [-0.1, -0.05) is 6.42 Å². The van der Waals surface area contributed by atoms with Crippen LogP contribution in [0.15, 0.2) is 12.1 Å². The highest BCUT2D eigenvalue weighted by Gasteiger charge is 2.20. The number of halogens is 2. The quantitative estimate of drug-likeness (QED) is 0.852. The van der Waals surface area contributed by atoms with E-state index in [-0.39, 0.29) is 5.69 Å². The van der Waals surface area contributed by atoms with Crippen molar-refractivity contribution in [3.63, 3.8) is 0 Å². The number of benzene rings is 1. The number of carboxylic acids is 1. The fourth-order valence-electron chi connectivity index (χ4n) is 1.80. The van der Waals surface area contributed by atoms with Gasteiger partial charge in [-0.15, -0.1) is 0 Å². The van der Waals surface area contributed by atoms with Gasteiger partial charge in [0.25, 0.3) is 0 Å². The first-order valence-electron chi connectivity index (χ1n) is 5.54. The summed E-state index contributed by atoms with van der Waals surface area (Å²) in [6.07, 6.45) is 3.38. The van der Waals surface area contributed by atoms with Gasteiger partial charge < -0.3 is 10.4 Å². The van der Waals surface area contributed by atoms with Crippen LogP contribution >= 0.6 is 0 Å². The molecule has 0 spiro atoms. The topological polar surface area (TPSA) is 49.3 Å². The summed E-state index contributed by atoms with van der Waals surface area (Å²) in [6.45, 7) is 0.600. The Morgan fingerprint density at radius 1 is 1.35 bits per heavy atom. The maximum absolute atomic E-state index is 13.5. The van der Waals surface area contributed by atoms with Gasteiger partial charge in [-0.05, 0) is 30.9 Å². The summed E-state index contributed by atoms with van der Waals surface area (Å²) in [4.78, 5) is 10.6. The molecule has 1 aliphatic carbocycles. The van der Waals surface area contributed by atoms with E-state index in [0.717, 1.165) is 18.9 Å². The number of carboxylic acid groups (broad SMARTS) is 1. The van der Waals surface area contributed by atoms with Crippen LogP contribution in [0.2, 0.25) is 0 Å². The number of rotatable bonds is 4. The Balaban J connectivity index is 2.12. The fourth-order valence-corrected chi connectivity index (χ4v) is 1.80. The zero-order valence-electron chi connectivity index (χ0n) is 9.17. The van der Waals surface area contributed by atoms with E-state index in [2.05, 4.69) is 5.32 Å². The molecule has 5 heteroatoms. The third-order valence-corrected chi connectivity index (χ3v) is 3.12. The van der Waals surface area contributed by atoms with Gasteiger partial charge in [0, 0.05) is 6.54 Å². The van der Waals surface area contributed by atoms with E-state index in [9.17, 15) is 13.6 Å². The molecule has 0 saturated heterocycles. The maximum atomic E-state index is 13.5. The van der Waals surface area contributed by atoms with Crippen LogP contribution in [0.25, 0.3) is 0 Å². The molecule has 2 rings (SSSR count). The van der Waals surface area contributed by atoms with Crippen LogP contribution in [-0.2, 0) is 0 Å². The molecule has 1 aliphatic rings. The van der Waals surface area contributed by atoms with Crippen molar-refractivity contribution in [3.05, 3.63) is 29.3 Å². The monoisotopic (exact) mass is 241 g/mol. The Kier molecular flexibility index (Phi) is 3.26. The molecule has 0 bridgehead atoms. The van der Waals surface area contributed by atoms with Crippen LogP contribution in [0.5, 0.6) is 0 Å². The van der Waals surface area contributed by atoms with E-state index < -0.39 is 23.2 Å². The molecular formula is C12H13F2NO2. The van der Waals surface area contributed by atoms with E-state index in [4.69, 9.17) is 5.11 Å². The molecule has 0 heterocycles. The second-order valence-electron chi connectivity index (χ2n) is 4.27. The Morgan fingerprint density at radius 2 is 2.06 bits per heavy atom. The molecule has 1 saturated carbocycles. The highest BCUT2D eigenvalue weighted by atomic mass is 19.2. The lowest BCUT2D eigenvalue weighted by molar-refractivity contribution is 0.0690. The Labute approximate surface area is 97.5 Å². The number of aromatic carboxylic acids is 1. The lowest BCUT2D eigenvalue weighted by Gasteiger charge is -2.26. The summed E-state index contributed by atoms with van der Waals surface area (Å²) in [5.74, 6) is -3.39. The third-order valence-electron chi connectivity index (χ3n) is 3.12. The molecule has 2 N–H and O–H groups in total. The molecule has 0 aliphatic heterocycles. The smallest absolute Gasteiger partial charge is 0.338 e. The van der Waals surface area contributed by atoms with Crippen molar-refractivity contribution in [1.82, 2.24) is 0 Å². The van der Waals surface area contributed by atoms with Gasteiger partial charge >= 0.3 is 5.97 Å². The molecule has 3 nitrogen and oxygen atoms in total. The van der Waals surface area contributed by atoms with Crippen molar-refractivity contribution < 1.29 is 18.7 Å². The van der Waals surface area contributed by atoms with E-state index in [1.165, 1.54) is 12.5 Å². The lowest BCUT2D eigenvalue weighted by Crippen LogP contribution is -2.21. The first kappa shape index (κ1) is 11.8. The van der Waals surface area contributed by atoms with Gasteiger partial charge in [-0.3, -0.25) is 0 Å². The van der Waals surface area contributed by atoms with Gasteiger partial charge in [0.15, 0.2) is 11.6 Å². The molecule has 1 aromatic carbocycles. The van der Waals surface area contributed by atoms with Crippen molar-refractivity contribution in [3.8, 4) is 0 Å². The minimum absolute atomic E-state index is 0.0272. The summed E-state index contributed by atoms with van der Waals surface area (Å²) in [5, 5.41) is 11.4. The summed E-state index contributed by atoms with van der Waals surface area (Å²) in [6, 6.07) is 2.34. The molecule has 0 aromatic heterocycles. The maximum Gasteiger partial charge on any atom is 0.338 e. The minimum Gasteiger partial charge on any atom is -0.478 e. The SMILES string of the molecule is O=C(O)c1ccc(NCC2CCC2)c(F)c1F. The van der Waals surface area contributed by atoms with E-state index in [1.54, 1.807) is 0 Å². The van der Waals surface area contributed by atoms with Crippen LogP contribution < -0.4 is 5.32 Å². The number of hydrogen-bond donors (Lipinski definition) is 2. The van der Waals surface area contributed by atoms with Gasteiger partial charge in [0.2, 0.25) is 0 Å². The average Bonchev–Trinajstić information content (AvgIpc) is 2.21. The molecular weight excluding hydrogens is 228 g/mol. The lowest BCUT2D eigenvalue weighted by atomic mass is 9.85. The Bertz CT molecular complexity index is 444. The van der Waals surface area contributed by atoms with Crippen LogP contribution in [0, 0.1) is 17.6 Å². The molecule has 0 unspecified atom stereocenters. The normalized spacial score (nSPS) is 15.4. The van der Waals surface area contributed by atoms with Crippen LogP contribution in [0.1, 0.15) is 29.6 Å². The molecule has 17 heavy (non-hydrogen) atoms. The molecule has 92 valence electrons. The van der Waals surface area contributed by atoms with E-state index >= 15 is 0 Å². The molecule has 1 aromatic rings. The standard InChI is InChI=1S/C12H13F2NO2/c13-10-8(12(16)17)4-5-9(11(10)14)15-6-7-2-1-3-7/h4-5,7,15H,1-3,6H2,(H,16,17). The number of carbonyl (C=O) groups is 1. The van der Waals surface area contributed by atoms with Crippen molar-refractivity contribution in [2.45, 2.75) is 19.3 Å². The predicted octanol–water partition coefficient (Wildman–Crippen LogP) is 2.88. The van der Waals surface area contributed by atoms with E-state index in [1.807, 2.05) is 0 Å². The molecule has 0 amide bonds. The molecule has 0 radical (unpaired) electrons. The van der Waals surface area contributed by atoms with Crippen molar-refractivity contribution in [2.24, 2.45) is 5.92 Å². The first-order valence-corrected chi connectivity index (χ1v) is 5.54. The summed E-state index contributed by atoms with van der Waals surface area (Å²) < 4.78 is 26.8. The highest BCUT2D eigenvalue weighted by Crippen LogP contribution is 2.27. The summed E-state index contributed by atoms with van der Waals surface area (Å²) >= 11 is 0. The van der Waals surface area contributed by atoms with Gasteiger partial charge in [-0.2, -0.15) is 0 Å². The zero-order chi connectivity index (χ0) is 12.4. The second-order valence-corrected chi connectivity index (χ2v) is 4.27. The number of anilines is 1.